The van der Waals surface area contributed by atoms with Gasteiger partial charge in [0.05, 0.1) is 12.7 Å². The number of carbonyl (C=O) groups is 1. The van der Waals surface area contributed by atoms with Crippen molar-refractivity contribution in [2.45, 2.75) is 0 Å². The number of fused-ring (bicyclic) bond motifs is 1. The van der Waals surface area contributed by atoms with Gasteiger partial charge in [0.2, 0.25) is 0 Å². The van der Waals surface area contributed by atoms with Crippen LogP contribution in [-0.4, -0.2) is 13.1 Å². The van der Waals surface area contributed by atoms with Crippen molar-refractivity contribution >= 4 is 16.7 Å². The third-order valence-electron chi connectivity index (χ3n) is 4.62. The van der Waals surface area contributed by atoms with Crippen molar-refractivity contribution < 1.29 is 9.53 Å². The van der Waals surface area contributed by atoms with Gasteiger partial charge < -0.3 is 4.74 Å². The first-order valence-corrected chi connectivity index (χ1v) is 8.54. The van der Waals surface area contributed by atoms with E-state index in [-0.39, 0.29) is 5.97 Å². The first kappa shape index (κ1) is 16.1. The lowest BCUT2D eigenvalue weighted by Crippen LogP contribution is -2.04. The average molecular weight is 338 g/mol. The van der Waals surface area contributed by atoms with Gasteiger partial charge in [0.15, 0.2) is 0 Å². The molecule has 2 nitrogen and oxygen atoms in total. The number of carbonyl (C=O) groups excluding carboxylic acids is 1. The van der Waals surface area contributed by atoms with Crippen LogP contribution < -0.4 is 0 Å². The van der Waals surface area contributed by atoms with Gasteiger partial charge in [-0.2, -0.15) is 0 Å². The number of ether oxygens (including phenoxy) is 1. The van der Waals surface area contributed by atoms with Gasteiger partial charge in [-0.3, -0.25) is 0 Å². The fourth-order valence-corrected chi connectivity index (χ4v) is 3.41. The second-order valence-electron chi connectivity index (χ2n) is 6.11. The van der Waals surface area contributed by atoms with Gasteiger partial charge in [-0.25, -0.2) is 4.79 Å². The number of hydrogen-bond acceptors (Lipinski definition) is 2. The molecule has 26 heavy (non-hydrogen) atoms. The number of benzene rings is 4. The van der Waals surface area contributed by atoms with Crippen LogP contribution in [0.4, 0.5) is 0 Å². The molecule has 0 fully saturated rings. The molecule has 4 rings (SSSR count). The molecular formula is C24H18O2. The summed E-state index contributed by atoms with van der Waals surface area (Å²) in [5.41, 5.74) is 4.72. The Labute approximate surface area is 152 Å². The van der Waals surface area contributed by atoms with Gasteiger partial charge in [-0.15, -0.1) is 0 Å². The summed E-state index contributed by atoms with van der Waals surface area (Å²) in [4.78, 5) is 12.4. The normalized spacial score (nSPS) is 10.7. The molecule has 0 bridgehead atoms. The fourth-order valence-electron chi connectivity index (χ4n) is 3.41. The maximum absolute atomic E-state index is 12.4. The molecule has 0 unspecified atom stereocenters. The Balaban J connectivity index is 2.10. The van der Waals surface area contributed by atoms with Crippen molar-refractivity contribution in [2.24, 2.45) is 0 Å². The average Bonchev–Trinajstić information content (AvgIpc) is 2.73. The Kier molecular flexibility index (Phi) is 4.24. The third-order valence-corrected chi connectivity index (χ3v) is 4.62. The summed E-state index contributed by atoms with van der Waals surface area (Å²) in [5.74, 6) is -0.326. The van der Waals surface area contributed by atoms with E-state index in [0.29, 0.717) is 5.56 Å². The van der Waals surface area contributed by atoms with Crippen LogP contribution in [0.25, 0.3) is 33.0 Å². The van der Waals surface area contributed by atoms with E-state index in [1.165, 1.54) is 7.11 Å². The smallest absolute Gasteiger partial charge is 0.338 e. The van der Waals surface area contributed by atoms with Crippen molar-refractivity contribution in [3.8, 4) is 22.3 Å². The second-order valence-corrected chi connectivity index (χ2v) is 6.11. The van der Waals surface area contributed by atoms with Gasteiger partial charge in [0.1, 0.15) is 0 Å². The molecule has 0 atom stereocenters. The predicted molar refractivity (Wildman–Crippen MR) is 106 cm³/mol. The molecule has 0 aliphatic heterocycles. The van der Waals surface area contributed by atoms with Gasteiger partial charge in [0, 0.05) is 0 Å². The van der Waals surface area contributed by atoms with Crippen molar-refractivity contribution in [2.75, 3.05) is 7.11 Å². The Hall–Kier alpha value is -3.39. The van der Waals surface area contributed by atoms with E-state index < -0.39 is 0 Å². The van der Waals surface area contributed by atoms with E-state index in [9.17, 15) is 4.79 Å². The minimum absolute atomic E-state index is 0.326. The van der Waals surface area contributed by atoms with Crippen LogP contribution in [0.5, 0.6) is 0 Å². The van der Waals surface area contributed by atoms with Crippen molar-refractivity contribution in [3.05, 3.63) is 96.6 Å². The van der Waals surface area contributed by atoms with Crippen molar-refractivity contribution in [1.82, 2.24) is 0 Å². The molecule has 4 aromatic rings. The highest BCUT2D eigenvalue weighted by atomic mass is 16.5. The first-order chi connectivity index (χ1) is 12.8. The van der Waals surface area contributed by atoms with Crippen LogP contribution in [0.3, 0.4) is 0 Å². The standard InChI is InChI=1S/C24H18O2/c1-26-24(25)22-14-8-7-13-21(22)23-19-12-6-5-11-18(19)15-16-20(23)17-9-3-2-4-10-17/h2-16H,1H3. The van der Waals surface area contributed by atoms with Crippen LogP contribution in [0, 0.1) is 0 Å². The number of methoxy groups -OCH3 is 1. The molecule has 0 spiro atoms. The number of hydrogen-bond donors (Lipinski definition) is 0. The molecule has 4 aromatic carbocycles. The zero-order chi connectivity index (χ0) is 17.9. The molecule has 0 saturated heterocycles. The highest BCUT2D eigenvalue weighted by molar-refractivity contribution is 6.09. The summed E-state index contributed by atoms with van der Waals surface area (Å²) in [6.07, 6.45) is 0. The zero-order valence-corrected chi connectivity index (χ0v) is 14.5. The SMILES string of the molecule is COC(=O)c1ccccc1-c1c(-c2ccccc2)ccc2ccccc12. The van der Waals surface area contributed by atoms with E-state index in [4.69, 9.17) is 4.74 Å². The minimum Gasteiger partial charge on any atom is -0.465 e. The van der Waals surface area contributed by atoms with Gasteiger partial charge in [-0.05, 0) is 39.1 Å². The lowest BCUT2D eigenvalue weighted by atomic mass is 9.88. The molecule has 0 N–H and O–H groups in total. The summed E-state index contributed by atoms with van der Waals surface area (Å²) in [6.45, 7) is 0. The molecule has 0 aliphatic rings. The Morgan fingerprint density at radius 2 is 1.38 bits per heavy atom. The fraction of sp³-hybridized carbons (Fsp3) is 0.0417. The first-order valence-electron chi connectivity index (χ1n) is 8.54. The summed E-state index contributed by atoms with van der Waals surface area (Å²) < 4.78 is 5.02. The van der Waals surface area contributed by atoms with Crippen molar-refractivity contribution in [3.63, 3.8) is 0 Å². The summed E-state index contributed by atoms with van der Waals surface area (Å²) >= 11 is 0. The molecule has 2 heteroatoms. The monoisotopic (exact) mass is 338 g/mol. The number of esters is 1. The summed E-state index contributed by atoms with van der Waals surface area (Å²) in [6, 6.07) is 30.4. The molecule has 0 aliphatic carbocycles. The Morgan fingerprint density at radius 1 is 0.692 bits per heavy atom. The third kappa shape index (κ3) is 2.76. The van der Waals surface area contributed by atoms with Crippen LogP contribution in [0.1, 0.15) is 10.4 Å². The zero-order valence-electron chi connectivity index (χ0n) is 14.5. The lowest BCUT2D eigenvalue weighted by molar-refractivity contribution is 0.0601. The van der Waals surface area contributed by atoms with E-state index in [1.54, 1.807) is 0 Å². The molecule has 0 radical (unpaired) electrons. The number of rotatable bonds is 3. The predicted octanol–water partition coefficient (Wildman–Crippen LogP) is 5.96. The van der Waals surface area contributed by atoms with Gasteiger partial charge in [0.25, 0.3) is 0 Å². The van der Waals surface area contributed by atoms with Gasteiger partial charge in [-0.1, -0.05) is 84.9 Å². The highest BCUT2D eigenvalue weighted by Crippen LogP contribution is 2.39. The second kappa shape index (κ2) is 6.85. The molecular weight excluding hydrogens is 320 g/mol. The molecule has 126 valence electrons. The largest absolute Gasteiger partial charge is 0.465 e. The van der Waals surface area contributed by atoms with Crippen LogP contribution in [-0.2, 0) is 4.74 Å². The lowest BCUT2D eigenvalue weighted by Gasteiger charge is -2.16. The Bertz CT molecular complexity index is 1080. The molecule has 0 amide bonds. The quantitative estimate of drug-likeness (QED) is 0.431. The molecule has 0 aromatic heterocycles. The van der Waals surface area contributed by atoms with E-state index in [1.807, 2.05) is 54.6 Å². The van der Waals surface area contributed by atoms with E-state index in [0.717, 1.165) is 33.0 Å². The molecule has 0 saturated carbocycles. The van der Waals surface area contributed by atoms with Crippen LogP contribution in [0.15, 0.2) is 91.0 Å². The topological polar surface area (TPSA) is 26.3 Å². The van der Waals surface area contributed by atoms with Gasteiger partial charge >= 0.3 is 5.97 Å². The summed E-state index contributed by atoms with van der Waals surface area (Å²) in [5, 5.41) is 2.26. The summed E-state index contributed by atoms with van der Waals surface area (Å²) in [7, 11) is 1.42. The van der Waals surface area contributed by atoms with Crippen LogP contribution >= 0.6 is 0 Å². The van der Waals surface area contributed by atoms with Crippen LogP contribution in [0.2, 0.25) is 0 Å². The molecule has 0 heterocycles. The highest BCUT2D eigenvalue weighted by Gasteiger charge is 2.18. The maximum Gasteiger partial charge on any atom is 0.338 e. The minimum atomic E-state index is -0.326. The Morgan fingerprint density at radius 3 is 2.19 bits per heavy atom. The maximum atomic E-state index is 12.4. The van der Waals surface area contributed by atoms with Crippen molar-refractivity contribution in [1.29, 1.82) is 0 Å². The van der Waals surface area contributed by atoms with E-state index >= 15 is 0 Å². The van der Waals surface area contributed by atoms with E-state index in [2.05, 4.69) is 36.4 Å².